The van der Waals surface area contributed by atoms with Crippen LogP contribution in [-0.2, 0) is 11.3 Å². The van der Waals surface area contributed by atoms with Gasteiger partial charge in [-0.15, -0.1) is 0 Å². The van der Waals surface area contributed by atoms with Crippen molar-refractivity contribution < 1.29 is 4.74 Å². The summed E-state index contributed by atoms with van der Waals surface area (Å²) in [5.74, 6) is 0.595. The molecule has 0 radical (unpaired) electrons. The fraction of sp³-hybridized carbons (Fsp3) is 0.700. The molecule has 0 aliphatic carbocycles. The normalized spacial score (nSPS) is 12.0. The standard InChI is InChI=1S/C10H19N3O/c1-5-14-10(3,4)7-13-6-8(2)9(11)12-13/h6H,5,7H2,1-4H3,(H2,11,12). The molecular weight excluding hydrogens is 178 g/mol. The first-order chi connectivity index (χ1) is 6.44. The van der Waals surface area contributed by atoms with Crippen molar-refractivity contribution in [3.05, 3.63) is 11.8 Å². The number of nitrogen functional groups attached to an aromatic ring is 1. The number of rotatable bonds is 4. The molecule has 1 rings (SSSR count). The summed E-state index contributed by atoms with van der Waals surface area (Å²) in [5.41, 5.74) is 6.48. The van der Waals surface area contributed by atoms with Crippen molar-refractivity contribution in [2.24, 2.45) is 0 Å². The van der Waals surface area contributed by atoms with Crippen LogP contribution in [-0.4, -0.2) is 22.0 Å². The van der Waals surface area contributed by atoms with E-state index in [1.54, 1.807) is 0 Å². The average Bonchev–Trinajstić information content (AvgIpc) is 2.29. The molecule has 0 bridgehead atoms. The van der Waals surface area contributed by atoms with Gasteiger partial charge in [0.2, 0.25) is 0 Å². The lowest BCUT2D eigenvalue weighted by Crippen LogP contribution is -2.30. The molecule has 1 aromatic rings. The molecule has 2 N–H and O–H groups in total. The highest BCUT2D eigenvalue weighted by atomic mass is 16.5. The molecule has 4 nitrogen and oxygen atoms in total. The zero-order chi connectivity index (χ0) is 10.8. The molecule has 0 aliphatic rings. The van der Waals surface area contributed by atoms with Crippen LogP contribution in [0, 0.1) is 6.92 Å². The van der Waals surface area contributed by atoms with E-state index in [4.69, 9.17) is 10.5 Å². The van der Waals surface area contributed by atoms with Crippen molar-refractivity contribution in [3.8, 4) is 0 Å². The van der Waals surface area contributed by atoms with Gasteiger partial charge in [0.05, 0.1) is 12.1 Å². The summed E-state index contributed by atoms with van der Waals surface area (Å²) >= 11 is 0. The second kappa shape index (κ2) is 4.00. The quantitative estimate of drug-likeness (QED) is 0.797. The molecular formula is C10H19N3O. The van der Waals surface area contributed by atoms with E-state index in [2.05, 4.69) is 5.10 Å². The van der Waals surface area contributed by atoms with Crippen LogP contribution in [0.15, 0.2) is 6.20 Å². The summed E-state index contributed by atoms with van der Waals surface area (Å²) in [6, 6.07) is 0. The lowest BCUT2D eigenvalue weighted by molar-refractivity contribution is -0.0246. The van der Waals surface area contributed by atoms with Crippen LogP contribution < -0.4 is 5.73 Å². The van der Waals surface area contributed by atoms with Crippen molar-refractivity contribution in [3.63, 3.8) is 0 Å². The van der Waals surface area contributed by atoms with E-state index in [-0.39, 0.29) is 5.60 Å². The van der Waals surface area contributed by atoms with Gasteiger partial charge in [-0.1, -0.05) is 0 Å². The predicted octanol–water partition coefficient (Wildman–Crippen LogP) is 1.59. The fourth-order valence-corrected chi connectivity index (χ4v) is 1.44. The Balaban J connectivity index is 2.68. The average molecular weight is 197 g/mol. The molecule has 0 amide bonds. The van der Waals surface area contributed by atoms with Crippen LogP contribution >= 0.6 is 0 Å². The molecule has 0 saturated heterocycles. The number of nitrogens with two attached hydrogens (primary N) is 1. The van der Waals surface area contributed by atoms with E-state index >= 15 is 0 Å². The molecule has 4 heteroatoms. The largest absolute Gasteiger partial charge is 0.382 e. The number of anilines is 1. The van der Waals surface area contributed by atoms with Crippen LogP contribution in [0.3, 0.4) is 0 Å². The van der Waals surface area contributed by atoms with Crippen LogP contribution in [0.2, 0.25) is 0 Å². The molecule has 0 spiro atoms. The maximum Gasteiger partial charge on any atom is 0.148 e. The number of hydrogen-bond donors (Lipinski definition) is 1. The number of hydrogen-bond acceptors (Lipinski definition) is 3. The zero-order valence-electron chi connectivity index (χ0n) is 9.37. The second-order valence-corrected chi connectivity index (χ2v) is 4.09. The van der Waals surface area contributed by atoms with E-state index in [0.717, 1.165) is 12.1 Å². The Hall–Kier alpha value is -1.03. The Morgan fingerprint density at radius 3 is 2.64 bits per heavy atom. The number of aryl methyl sites for hydroxylation is 1. The minimum Gasteiger partial charge on any atom is -0.382 e. The Bertz CT molecular complexity index is 285. The Morgan fingerprint density at radius 1 is 1.57 bits per heavy atom. The summed E-state index contributed by atoms with van der Waals surface area (Å²) in [5, 5.41) is 4.19. The molecule has 0 fully saturated rings. The Labute approximate surface area is 85.0 Å². The third-order valence-electron chi connectivity index (χ3n) is 2.06. The fourth-order valence-electron chi connectivity index (χ4n) is 1.44. The van der Waals surface area contributed by atoms with Gasteiger partial charge < -0.3 is 10.5 Å². The van der Waals surface area contributed by atoms with Gasteiger partial charge in [0.1, 0.15) is 5.82 Å². The second-order valence-electron chi connectivity index (χ2n) is 4.09. The molecule has 1 aromatic heterocycles. The summed E-state index contributed by atoms with van der Waals surface area (Å²) in [6.07, 6.45) is 1.94. The zero-order valence-corrected chi connectivity index (χ0v) is 9.37. The number of nitrogens with zero attached hydrogens (tertiary/aromatic N) is 2. The molecule has 0 aromatic carbocycles. The minimum atomic E-state index is -0.195. The van der Waals surface area contributed by atoms with E-state index < -0.39 is 0 Å². The topological polar surface area (TPSA) is 53.1 Å². The van der Waals surface area contributed by atoms with Gasteiger partial charge in [0.25, 0.3) is 0 Å². The van der Waals surface area contributed by atoms with Crippen LogP contribution in [0.25, 0.3) is 0 Å². The van der Waals surface area contributed by atoms with Crippen LogP contribution in [0.4, 0.5) is 5.82 Å². The maximum atomic E-state index is 5.66. The van der Waals surface area contributed by atoms with Gasteiger partial charge in [-0.25, -0.2) is 0 Å². The van der Waals surface area contributed by atoms with Gasteiger partial charge in [0, 0.05) is 18.4 Å². The van der Waals surface area contributed by atoms with Gasteiger partial charge in [-0.3, -0.25) is 4.68 Å². The summed E-state index contributed by atoms with van der Waals surface area (Å²) in [7, 11) is 0. The Morgan fingerprint density at radius 2 is 2.21 bits per heavy atom. The molecule has 0 atom stereocenters. The highest BCUT2D eigenvalue weighted by Gasteiger charge is 2.19. The predicted molar refractivity (Wildman–Crippen MR) is 57.1 cm³/mol. The summed E-state index contributed by atoms with van der Waals surface area (Å²) in [4.78, 5) is 0. The van der Waals surface area contributed by atoms with Gasteiger partial charge in [0.15, 0.2) is 0 Å². The first kappa shape index (κ1) is 11.0. The van der Waals surface area contributed by atoms with E-state index in [1.807, 2.05) is 38.6 Å². The minimum absolute atomic E-state index is 0.195. The number of ether oxygens (including phenoxy) is 1. The molecule has 0 unspecified atom stereocenters. The first-order valence-corrected chi connectivity index (χ1v) is 4.88. The molecule has 0 saturated carbocycles. The molecule has 1 heterocycles. The van der Waals surface area contributed by atoms with Crippen molar-refractivity contribution in [1.82, 2.24) is 9.78 Å². The third kappa shape index (κ3) is 2.73. The van der Waals surface area contributed by atoms with Crippen LogP contribution in [0.5, 0.6) is 0 Å². The Kier molecular flexibility index (Phi) is 3.16. The molecule has 80 valence electrons. The van der Waals surface area contributed by atoms with Gasteiger partial charge >= 0.3 is 0 Å². The monoisotopic (exact) mass is 197 g/mol. The van der Waals surface area contributed by atoms with E-state index in [1.165, 1.54) is 0 Å². The lowest BCUT2D eigenvalue weighted by atomic mass is 10.1. The van der Waals surface area contributed by atoms with Crippen LogP contribution in [0.1, 0.15) is 26.3 Å². The lowest BCUT2D eigenvalue weighted by Gasteiger charge is -2.24. The van der Waals surface area contributed by atoms with Gasteiger partial charge in [-0.05, 0) is 27.7 Å². The molecule has 14 heavy (non-hydrogen) atoms. The summed E-state index contributed by atoms with van der Waals surface area (Å²) < 4.78 is 7.41. The summed E-state index contributed by atoms with van der Waals surface area (Å²) in [6.45, 7) is 9.46. The van der Waals surface area contributed by atoms with Crippen molar-refractivity contribution >= 4 is 5.82 Å². The van der Waals surface area contributed by atoms with E-state index in [9.17, 15) is 0 Å². The van der Waals surface area contributed by atoms with Crippen molar-refractivity contribution in [2.75, 3.05) is 12.3 Å². The molecule has 0 aliphatic heterocycles. The maximum absolute atomic E-state index is 5.66. The smallest absolute Gasteiger partial charge is 0.148 e. The number of aromatic nitrogens is 2. The first-order valence-electron chi connectivity index (χ1n) is 4.88. The van der Waals surface area contributed by atoms with Crippen molar-refractivity contribution in [2.45, 2.75) is 39.8 Å². The third-order valence-corrected chi connectivity index (χ3v) is 2.06. The van der Waals surface area contributed by atoms with E-state index in [0.29, 0.717) is 12.4 Å². The SMILES string of the molecule is CCOC(C)(C)Cn1cc(C)c(N)n1. The van der Waals surface area contributed by atoms with Crippen molar-refractivity contribution in [1.29, 1.82) is 0 Å². The van der Waals surface area contributed by atoms with Gasteiger partial charge in [-0.2, -0.15) is 5.10 Å². The highest BCUT2D eigenvalue weighted by molar-refractivity contribution is 5.35. The highest BCUT2D eigenvalue weighted by Crippen LogP contribution is 2.14.